The molecule has 0 unspecified atom stereocenters. The first-order valence-corrected chi connectivity index (χ1v) is 29.8. The maximum atomic E-state index is 14.4. The number of piperidine rings is 1. The van der Waals surface area contributed by atoms with Crippen molar-refractivity contribution in [3.8, 4) is 16.2 Å². The van der Waals surface area contributed by atoms with Crippen molar-refractivity contribution in [3.63, 3.8) is 0 Å². The topological polar surface area (TPSA) is 225 Å². The van der Waals surface area contributed by atoms with Gasteiger partial charge in [0.05, 0.1) is 56.0 Å². The number of aromatic nitrogens is 3. The molecule has 2 aliphatic heterocycles. The van der Waals surface area contributed by atoms with E-state index < -0.39 is 44.6 Å². The van der Waals surface area contributed by atoms with Crippen LogP contribution in [-0.4, -0.2) is 111 Å². The van der Waals surface area contributed by atoms with Crippen molar-refractivity contribution in [2.45, 2.75) is 154 Å². The predicted molar refractivity (Wildman–Crippen MR) is 305 cm³/mol. The lowest BCUT2D eigenvalue weighted by molar-refractivity contribution is -0.145. The van der Waals surface area contributed by atoms with E-state index in [1.807, 2.05) is 89.2 Å². The molecule has 0 spiro atoms. The van der Waals surface area contributed by atoms with E-state index in [1.165, 1.54) is 11.1 Å². The van der Waals surface area contributed by atoms with Crippen molar-refractivity contribution < 1.29 is 37.4 Å². The molecule has 0 bridgehead atoms. The Morgan fingerprint density at radius 2 is 1.55 bits per heavy atom. The number of nitrogens with one attached hydrogen (secondary N) is 4. The summed E-state index contributed by atoms with van der Waals surface area (Å²) in [6.07, 6.45) is 4.19. The fourth-order valence-corrected chi connectivity index (χ4v) is 12.9. The van der Waals surface area contributed by atoms with Gasteiger partial charge in [-0.2, -0.15) is 4.98 Å². The third-order valence-corrected chi connectivity index (χ3v) is 18.6. The van der Waals surface area contributed by atoms with Gasteiger partial charge in [-0.25, -0.2) is 18.4 Å². The van der Waals surface area contributed by atoms with Crippen LogP contribution in [0.15, 0.2) is 77.3 Å². The molecular weight excluding hydrogens is 1050 g/mol. The highest BCUT2D eigenvalue weighted by Gasteiger charge is 2.45. The Balaban J connectivity index is 0.842. The number of carbonyl (C=O) groups excluding carboxylic acids is 4. The first kappa shape index (κ1) is 58.0. The minimum Gasteiger partial charge on any atom is -0.489 e. The van der Waals surface area contributed by atoms with Crippen LogP contribution < -0.4 is 26.0 Å². The van der Waals surface area contributed by atoms with Gasteiger partial charge in [0.25, 0.3) is 0 Å². The van der Waals surface area contributed by atoms with Gasteiger partial charge >= 0.3 is 0 Å². The summed E-state index contributed by atoms with van der Waals surface area (Å²) >= 11 is 8.12. The van der Waals surface area contributed by atoms with Crippen LogP contribution in [0.3, 0.4) is 0 Å². The fourth-order valence-electron chi connectivity index (χ4n) is 10.7. The number of likely N-dealkylation sites (tertiary alicyclic amines) is 2. The first-order chi connectivity index (χ1) is 37.0. The average molecular weight is 1120 g/mol. The highest BCUT2D eigenvalue weighted by Crippen LogP contribution is 2.40. The summed E-state index contributed by atoms with van der Waals surface area (Å²) in [5.74, 6) is -0.243. The van der Waals surface area contributed by atoms with Crippen molar-refractivity contribution >= 4 is 79.5 Å². The number of para-hydroxylation sites is 1. The number of hydrogen-bond donors (Lipinski definition) is 5. The number of sulfone groups is 1. The number of nitrogens with zero attached hydrogens (tertiary/aromatic N) is 5. The molecule has 2 aromatic heterocycles. The number of halogens is 1. The molecule has 4 amide bonds. The SMILES string of the molecule is Cc1cc(Nc2ncc(Cl)c(Nc3ccccc3S(=O)(=O)C(C)C)n2)c(OC(C)C)cc1C1CCN(C(=O)C2CCC(C(=O)N[C@H](C(=O)N3C[C@H](O)C[C@H]3C(=O)NCc3ccc(-c4scnc4C)cc3)C(C)(C)C)CC2)CC1. The maximum absolute atomic E-state index is 14.4. The van der Waals surface area contributed by atoms with Crippen molar-refractivity contribution in [1.82, 2.24) is 35.4 Å². The number of thiazole rings is 1. The highest BCUT2D eigenvalue weighted by molar-refractivity contribution is 7.92. The standard InChI is InChI=1S/C58H74ClN9O8S2/c1-33(2)76-48-28-43(35(5)26-46(48)64-57-61-30-44(59)52(66-57)63-45-12-10-11-13-49(45)78(74,75)34(3)4)38-22-24-67(25-23-38)55(72)41-20-18-40(19-21-41)53(70)65-51(58(7,8)9)56(73)68-31-42(69)27-47(68)54(71)60-29-37-14-16-39(17-15-37)50-36(6)62-32-77-50/h10-17,26,28,30,32-34,38,40-42,47,51,69H,18-25,27,29,31H2,1-9H3,(H,60,71)(H,65,70)(H2,61,63,64,66)/t40?,41?,42-,47+,51-/m1/s1. The summed E-state index contributed by atoms with van der Waals surface area (Å²) in [6, 6.07) is 16.8. The zero-order valence-corrected chi connectivity index (χ0v) is 48.4. The average Bonchev–Trinajstić information content (AvgIpc) is 4.04. The van der Waals surface area contributed by atoms with Crippen LogP contribution in [0.4, 0.5) is 23.1 Å². The Hall–Kier alpha value is -6.15. The predicted octanol–water partition coefficient (Wildman–Crippen LogP) is 9.65. The summed E-state index contributed by atoms with van der Waals surface area (Å²) in [5, 5.41) is 22.7. The third kappa shape index (κ3) is 13.5. The number of hydrogen-bond acceptors (Lipinski definition) is 14. The second-order valence-corrected chi connectivity index (χ2v) is 26.4. The quantitative estimate of drug-likeness (QED) is 0.0586. The minimum absolute atomic E-state index is 0.0140. The molecular formula is C58H74ClN9O8S2. The molecule has 17 nitrogen and oxygen atoms in total. The molecule has 8 rings (SSSR count). The molecule has 3 aliphatic rings. The van der Waals surface area contributed by atoms with Gasteiger partial charge in [0, 0.05) is 44.4 Å². The number of ether oxygens (including phenoxy) is 1. The van der Waals surface area contributed by atoms with Gasteiger partial charge in [-0.3, -0.25) is 19.2 Å². The summed E-state index contributed by atoms with van der Waals surface area (Å²) in [4.78, 5) is 74.1. The van der Waals surface area contributed by atoms with Gasteiger partial charge in [-0.1, -0.05) is 68.8 Å². The molecule has 20 heteroatoms. The van der Waals surface area contributed by atoms with E-state index in [4.69, 9.17) is 16.3 Å². The van der Waals surface area contributed by atoms with Crippen molar-refractivity contribution in [2.75, 3.05) is 30.3 Å². The number of anilines is 4. The Morgan fingerprint density at radius 1 is 0.872 bits per heavy atom. The molecule has 0 radical (unpaired) electrons. The number of amides is 4. The van der Waals surface area contributed by atoms with Gasteiger partial charge in [-0.15, -0.1) is 11.3 Å². The number of carbonyl (C=O) groups is 4. The smallest absolute Gasteiger partial charge is 0.246 e. The Kier molecular flexibility index (Phi) is 18.2. The van der Waals surface area contributed by atoms with E-state index in [0.29, 0.717) is 55.9 Å². The highest BCUT2D eigenvalue weighted by atomic mass is 35.5. The second-order valence-electron chi connectivity index (χ2n) is 22.6. The number of aryl methyl sites for hydroxylation is 2. The van der Waals surface area contributed by atoms with Crippen LogP contribution >= 0.6 is 22.9 Å². The molecule has 3 atom stereocenters. The molecule has 78 heavy (non-hydrogen) atoms. The zero-order valence-electron chi connectivity index (χ0n) is 46.1. The lowest BCUT2D eigenvalue weighted by Crippen LogP contribution is -2.58. The normalized spacial score (nSPS) is 19.7. The lowest BCUT2D eigenvalue weighted by Gasteiger charge is -2.38. The Bertz CT molecular complexity index is 3090. The van der Waals surface area contributed by atoms with Crippen molar-refractivity contribution in [3.05, 3.63) is 99.8 Å². The molecule has 1 aliphatic carbocycles. The van der Waals surface area contributed by atoms with E-state index >= 15 is 0 Å². The van der Waals surface area contributed by atoms with E-state index in [1.54, 1.807) is 49.4 Å². The molecule has 2 saturated heterocycles. The van der Waals surface area contributed by atoms with E-state index in [0.717, 1.165) is 45.7 Å². The molecule has 418 valence electrons. The zero-order chi connectivity index (χ0) is 56.2. The summed E-state index contributed by atoms with van der Waals surface area (Å²) in [6.45, 7) is 18.3. The van der Waals surface area contributed by atoms with Crippen LogP contribution in [0.5, 0.6) is 5.75 Å². The molecule has 3 aromatic carbocycles. The Morgan fingerprint density at radius 3 is 2.19 bits per heavy atom. The van der Waals surface area contributed by atoms with Crippen LogP contribution in [0.25, 0.3) is 10.4 Å². The Labute approximate surface area is 467 Å². The molecule has 3 fully saturated rings. The lowest BCUT2D eigenvalue weighted by atomic mass is 9.79. The number of aliphatic hydroxyl groups is 1. The van der Waals surface area contributed by atoms with Gasteiger partial charge in [0.1, 0.15) is 22.9 Å². The largest absolute Gasteiger partial charge is 0.489 e. The van der Waals surface area contributed by atoms with E-state index in [9.17, 15) is 32.7 Å². The van der Waals surface area contributed by atoms with Gasteiger partial charge in [0.15, 0.2) is 15.7 Å². The summed E-state index contributed by atoms with van der Waals surface area (Å²) < 4.78 is 32.7. The van der Waals surface area contributed by atoms with Crippen molar-refractivity contribution in [2.24, 2.45) is 17.3 Å². The minimum atomic E-state index is -3.61. The molecule has 1 saturated carbocycles. The van der Waals surface area contributed by atoms with Crippen molar-refractivity contribution in [1.29, 1.82) is 0 Å². The number of aliphatic hydroxyl groups excluding tert-OH is 1. The molecule has 5 N–H and O–H groups in total. The van der Waals surface area contributed by atoms with E-state index in [-0.39, 0.29) is 82.8 Å². The summed E-state index contributed by atoms with van der Waals surface area (Å²) in [7, 11) is -3.61. The maximum Gasteiger partial charge on any atom is 0.246 e. The summed E-state index contributed by atoms with van der Waals surface area (Å²) in [5.41, 5.74) is 7.17. The van der Waals surface area contributed by atoms with Crippen LogP contribution in [0.2, 0.25) is 5.02 Å². The van der Waals surface area contributed by atoms with Gasteiger partial charge < -0.3 is 40.9 Å². The monoisotopic (exact) mass is 1120 g/mol. The van der Waals surface area contributed by atoms with Crippen LogP contribution in [0, 0.1) is 31.1 Å². The number of rotatable bonds is 17. The van der Waals surface area contributed by atoms with Crippen LogP contribution in [0.1, 0.15) is 122 Å². The fraction of sp³-hybridized carbons (Fsp3) is 0.500. The van der Waals surface area contributed by atoms with E-state index in [2.05, 4.69) is 42.3 Å². The molecule has 4 heterocycles. The second kappa shape index (κ2) is 24.5. The number of β-amino-alcohol motifs (C(OH)–C–C–N with tert-alkyl or cyclic N) is 1. The first-order valence-electron chi connectivity index (χ1n) is 27.0. The van der Waals surface area contributed by atoms with Gasteiger partial charge in [-0.05, 0) is 138 Å². The van der Waals surface area contributed by atoms with Gasteiger partial charge in [0.2, 0.25) is 29.6 Å². The van der Waals surface area contributed by atoms with Crippen LogP contribution in [-0.2, 0) is 35.6 Å². The third-order valence-electron chi connectivity index (χ3n) is 15.2. The number of benzene rings is 3. The molecule has 5 aromatic rings.